The molecular formula is C31H43N5O7. The van der Waals surface area contributed by atoms with Gasteiger partial charge in [0.2, 0.25) is 5.91 Å². The van der Waals surface area contributed by atoms with E-state index in [-0.39, 0.29) is 63.1 Å². The summed E-state index contributed by atoms with van der Waals surface area (Å²) >= 11 is 0. The first-order valence-electron chi connectivity index (χ1n) is 14.8. The van der Waals surface area contributed by atoms with E-state index in [1.165, 1.54) is 11.0 Å². The fourth-order valence-electron chi connectivity index (χ4n) is 4.58. The van der Waals surface area contributed by atoms with E-state index in [2.05, 4.69) is 15.3 Å². The maximum atomic E-state index is 13.7. The predicted octanol–water partition coefficient (Wildman–Crippen LogP) is 3.50. The van der Waals surface area contributed by atoms with E-state index < -0.39 is 35.7 Å². The monoisotopic (exact) mass is 597 g/mol. The Morgan fingerprint density at radius 3 is 2.23 bits per heavy atom. The highest BCUT2D eigenvalue weighted by molar-refractivity contribution is 5.96. The number of nitrogens with zero attached hydrogens (tertiary/aromatic N) is 4. The van der Waals surface area contributed by atoms with Gasteiger partial charge in [0.25, 0.3) is 5.91 Å². The predicted molar refractivity (Wildman–Crippen MR) is 159 cm³/mol. The molecule has 1 aliphatic heterocycles. The number of carbonyl (C=O) groups excluding carboxylic acids is 4. The van der Waals surface area contributed by atoms with Gasteiger partial charge in [-0.2, -0.15) is 0 Å². The van der Waals surface area contributed by atoms with Gasteiger partial charge in [0.15, 0.2) is 5.82 Å². The van der Waals surface area contributed by atoms with Gasteiger partial charge in [-0.3, -0.25) is 14.4 Å². The number of benzene rings is 1. The molecule has 0 saturated carbocycles. The highest BCUT2D eigenvalue weighted by Crippen LogP contribution is 2.22. The number of hydrogen-bond donors (Lipinski definition) is 2. The van der Waals surface area contributed by atoms with Crippen molar-refractivity contribution in [3.63, 3.8) is 0 Å². The van der Waals surface area contributed by atoms with Crippen molar-refractivity contribution in [1.82, 2.24) is 25.1 Å². The Morgan fingerprint density at radius 2 is 1.63 bits per heavy atom. The lowest BCUT2D eigenvalue weighted by Gasteiger charge is -2.36. The number of ether oxygens (including phenoxy) is 2. The molecule has 0 spiro atoms. The van der Waals surface area contributed by atoms with Crippen LogP contribution in [0.3, 0.4) is 0 Å². The molecule has 0 bridgehead atoms. The molecule has 2 N–H and O–H groups in total. The third-order valence-corrected chi connectivity index (χ3v) is 6.69. The van der Waals surface area contributed by atoms with E-state index in [1.54, 1.807) is 44.7 Å². The highest BCUT2D eigenvalue weighted by atomic mass is 16.6. The molecule has 2 heterocycles. The van der Waals surface area contributed by atoms with Crippen LogP contribution in [0.2, 0.25) is 0 Å². The number of esters is 1. The van der Waals surface area contributed by atoms with Crippen molar-refractivity contribution in [2.75, 3.05) is 32.8 Å². The lowest BCUT2D eigenvalue weighted by Crippen LogP contribution is -2.56. The molecule has 1 saturated heterocycles. The van der Waals surface area contributed by atoms with Crippen LogP contribution in [0, 0.1) is 0 Å². The van der Waals surface area contributed by atoms with Gasteiger partial charge >= 0.3 is 12.1 Å². The van der Waals surface area contributed by atoms with E-state index in [0.29, 0.717) is 24.1 Å². The maximum absolute atomic E-state index is 13.7. The molecule has 0 radical (unpaired) electrons. The lowest BCUT2D eigenvalue weighted by molar-refractivity contribution is -0.155. The number of piperazine rings is 1. The van der Waals surface area contributed by atoms with Gasteiger partial charge in [0.05, 0.1) is 18.4 Å². The van der Waals surface area contributed by atoms with Crippen LogP contribution in [0.15, 0.2) is 36.4 Å². The van der Waals surface area contributed by atoms with Crippen molar-refractivity contribution in [2.45, 2.75) is 78.0 Å². The number of aliphatic hydroxyl groups excluding tert-OH is 1. The number of aliphatic hydroxyl groups is 1. The molecule has 2 atom stereocenters. The van der Waals surface area contributed by atoms with Crippen LogP contribution in [0.5, 0.6) is 0 Å². The Morgan fingerprint density at radius 1 is 0.977 bits per heavy atom. The van der Waals surface area contributed by atoms with Crippen LogP contribution < -0.4 is 5.32 Å². The van der Waals surface area contributed by atoms with Crippen LogP contribution in [0.25, 0.3) is 11.4 Å². The van der Waals surface area contributed by atoms with Crippen molar-refractivity contribution >= 4 is 23.9 Å². The number of carbonyl (C=O) groups is 4. The summed E-state index contributed by atoms with van der Waals surface area (Å²) in [7, 11) is 0. The van der Waals surface area contributed by atoms with Crippen molar-refractivity contribution in [3.8, 4) is 11.4 Å². The third-order valence-electron chi connectivity index (χ3n) is 6.69. The van der Waals surface area contributed by atoms with Crippen molar-refractivity contribution in [2.24, 2.45) is 0 Å². The van der Waals surface area contributed by atoms with E-state index in [0.717, 1.165) is 0 Å². The van der Waals surface area contributed by atoms with Crippen LogP contribution >= 0.6 is 0 Å². The number of hydrogen-bond acceptors (Lipinski definition) is 9. The Balaban J connectivity index is 1.85. The summed E-state index contributed by atoms with van der Waals surface area (Å²) in [6.45, 7) is 10.2. The van der Waals surface area contributed by atoms with Crippen LogP contribution in [0.1, 0.15) is 82.6 Å². The van der Waals surface area contributed by atoms with E-state index in [9.17, 15) is 24.3 Å². The Labute approximate surface area is 252 Å². The number of amides is 3. The summed E-state index contributed by atoms with van der Waals surface area (Å²) in [6, 6.07) is 9.46. The molecule has 3 rings (SSSR count). The number of rotatable bonds is 11. The van der Waals surface area contributed by atoms with E-state index in [1.807, 2.05) is 25.1 Å². The minimum Gasteiger partial charge on any atom is -0.460 e. The smallest absolute Gasteiger partial charge is 0.409 e. The standard InChI is InChI=1S/C31H43N5O7/c1-6-11-25(37)23-20-24(33-27(32-23)21-12-9-8-10-13-21)28(39)34-22(14-15-26(38)43-31(3,4)5)29(40)35-16-18-36(19-17-35)30(41)42-7-2/h8-10,12-13,20,22,25,37H,6-7,11,14-19H2,1-5H3,(H,34,39)/t22?,25-/m0/s1. The zero-order chi connectivity index (χ0) is 31.6. The second-order valence-corrected chi connectivity index (χ2v) is 11.3. The van der Waals surface area contributed by atoms with Crippen LogP contribution in [0.4, 0.5) is 4.79 Å². The van der Waals surface area contributed by atoms with Gasteiger partial charge in [0.1, 0.15) is 17.3 Å². The van der Waals surface area contributed by atoms with Gasteiger partial charge in [0, 0.05) is 38.2 Å². The molecule has 1 unspecified atom stereocenters. The van der Waals surface area contributed by atoms with E-state index >= 15 is 0 Å². The normalized spacial score (nSPS) is 14.9. The summed E-state index contributed by atoms with van der Waals surface area (Å²) < 4.78 is 10.5. The zero-order valence-corrected chi connectivity index (χ0v) is 25.7. The summed E-state index contributed by atoms with van der Waals surface area (Å²) in [5.74, 6) is -1.25. The summed E-state index contributed by atoms with van der Waals surface area (Å²) in [4.78, 5) is 63.9. The minimum absolute atomic E-state index is 0.000476. The first-order valence-corrected chi connectivity index (χ1v) is 14.8. The van der Waals surface area contributed by atoms with Crippen molar-refractivity contribution < 1.29 is 33.8 Å². The zero-order valence-electron chi connectivity index (χ0n) is 25.7. The molecule has 234 valence electrons. The quantitative estimate of drug-likeness (QED) is 0.371. The number of aromatic nitrogens is 2. The second-order valence-electron chi connectivity index (χ2n) is 11.3. The maximum Gasteiger partial charge on any atom is 0.409 e. The average Bonchev–Trinajstić information content (AvgIpc) is 2.98. The van der Waals surface area contributed by atoms with Gasteiger partial charge in [-0.25, -0.2) is 14.8 Å². The Hall–Kier alpha value is -4.06. The molecule has 0 aliphatic carbocycles. The van der Waals surface area contributed by atoms with Crippen molar-refractivity contribution in [1.29, 1.82) is 0 Å². The lowest BCUT2D eigenvalue weighted by atomic mass is 10.1. The summed E-state index contributed by atoms with van der Waals surface area (Å²) in [5, 5.41) is 13.5. The van der Waals surface area contributed by atoms with E-state index in [4.69, 9.17) is 9.47 Å². The molecule has 1 aromatic heterocycles. The SMILES string of the molecule is CCC[C@H](O)c1cc(C(=O)NC(CCC(=O)OC(C)(C)C)C(=O)N2CCN(C(=O)OCC)CC2)nc(-c2ccccc2)n1. The molecule has 1 aromatic carbocycles. The first-order chi connectivity index (χ1) is 20.4. The average molecular weight is 598 g/mol. The minimum atomic E-state index is -1.06. The molecule has 3 amide bonds. The second kappa shape index (κ2) is 15.4. The molecule has 12 heteroatoms. The Bertz CT molecular complexity index is 1260. The molecule has 1 fully saturated rings. The third kappa shape index (κ3) is 10.0. The summed E-state index contributed by atoms with van der Waals surface area (Å²) in [6.07, 6.45) is -0.291. The fourth-order valence-corrected chi connectivity index (χ4v) is 4.58. The Kier molecular flexibility index (Phi) is 12.0. The fraction of sp³-hybridized carbons (Fsp3) is 0.548. The largest absolute Gasteiger partial charge is 0.460 e. The van der Waals surface area contributed by atoms with Gasteiger partial charge in [-0.1, -0.05) is 43.7 Å². The van der Waals surface area contributed by atoms with Crippen LogP contribution in [-0.4, -0.2) is 93.2 Å². The number of nitrogens with one attached hydrogen (secondary N) is 1. The summed E-state index contributed by atoms with van der Waals surface area (Å²) in [5.41, 5.74) is 0.251. The van der Waals surface area contributed by atoms with Gasteiger partial charge in [-0.15, -0.1) is 0 Å². The molecule has 1 aliphatic rings. The first kappa shape index (κ1) is 33.4. The topological polar surface area (TPSA) is 151 Å². The van der Waals surface area contributed by atoms with Crippen LogP contribution in [-0.2, 0) is 19.1 Å². The van der Waals surface area contributed by atoms with Crippen molar-refractivity contribution in [3.05, 3.63) is 47.8 Å². The molecule has 2 aromatic rings. The molecule has 12 nitrogen and oxygen atoms in total. The highest BCUT2D eigenvalue weighted by Gasteiger charge is 2.32. The molecule has 43 heavy (non-hydrogen) atoms. The molecular weight excluding hydrogens is 554 g/mol. The van der Waals surface area contributed by atoms with Gasteiger partial charge in [-0.05, 0) is 46.6 Å². The van der Waals surface area contributed by atoms with Gasteiger partial charge < -0.3 is 29.7 Å².